The molecule has 0 saturated carbocycles. The van der Waals surface area contributed by atoms with E-state index in [1.165, 1.54) is 173 Å². The third-order valence-electron chi connectivity index (χ3n) is 11.8. The minimum Gasteiger partial charge on any atom is -0.756 e. The van der Waals surface area contributed by atoms with Gasteiger partial charge in [0.25, 0.3) is 7.82 Å². The Hall–Kier alpha value is -1.28. The Morgan fingerprint density at radius 3 is 1.31 bits per heavy atom. The van der Waals surface area contributed by atoms with Crippen LogP contribution in [-0.4, -0.2) is 68.5 Å². The monoisotopic (exact) mass is 895 g/mol. The predicted octanol–water partition coefficient (Wildman–Crippen LogP) is 14.8. The molecule has 1 amide bonds. The molecule has 0 saturated heterocycles. The largest absolute Gasteiger partial charge is 0.756 e. The molecule has 0 heterocycles. The van der Waals surface area contributed by atoms with Crippen molar-refractivity contribution in [2.24, 2.45) is 0 Å². The van der Waals surface area contributed by atoms with E-state index in [9.17, 15) is 19.4 Å². The van der Waals surface area contributed by atoms with Crippen LogP contribution in [0.3, 0.4) is 0 Å². The predicted molar refractivity (Wildman–Crippen MR) is 265 cm³/mol. The minimum absolute atomic E-state index is 0.00758. The molecule has 9 heteroatoms. The van der Waals surface area contributed by atoms with Crippen molar-refractivity contribution < 1.29 is 32.9 Å². The summed E-state index contributed by atoms with van der Waals surface area (Å²) in [6.45, 7) is 4.64. The Bertz CT molecular complexity index is 1110. The van der Waals surface area contributed by atoms with Gasteiger partial charge in [0.1, 0.15) is 13.2 Å². The SMILES string of the molecule is CCCCCCCCC/C=C\CCCCCCCC(=O)NC(COP(=O)([O-])OCC[N+](C)(C)C)C(O)/C=C/CC/C=C/CCCCCCCCCCCCCCCCCCCC. The number of nitrogens with zero attached hydrogens (tertiary/aromatic N) is 1. The van der Waals surface area contributed by atoms with Gasteiger partial charge in [-0.15, -0.1) is 0 Å². The molecule has 3 unspecified atom stereocenters. The zero-order chi connectivity index (χ0) is 45.7. The number of hydrogen-bond acceptors (Lipinski definition) is 6. The quantitative estimate of drug-likeness (QED) is 0.0273. The van der Waals surface area contributed by atoms with Gasteiger partial charge in [0.2, 0.25) is 5.91 Å². The van der Waals surface area contributed by atoms with Crippen molar-refractivity contribution in [3.8, 4) is 0 Å². The number of phosphoric acid groups is 1. The number of rotatable bonds is 48. The second kappa shape index (κ2) is 44.9. The highest BCUT2D eigenvalue weighted by Crippen LogP contribution is 2.38. The maximum absolute atomic E-state index is 12.9. The van der Waals surface area contributed by atoms with Crippen molar-refractivity contribution in [3.05, 3.63) is 36.5 Å². The van der Waals surface area contributed by atoms with Gasteiger partial charge in [0.15, 0.2) is 0 Å². The molecular formula is C53H103N2O6P. The molecule has 0 aliphatic carbocycles. The van der Waals surface area contributed by atoms with Crippen molar-refractivity contribution >= 4 is 13.7 Å². The number of allylic oxidation sites excluding steroid dienone is 5. The van der Waals surface area contributed by atoms with Crippen LogP contribution in [0.1, 0.15) is 245 Å². The number of phosphoric ester groups is 1. The number of carbonyl (C=O) groups excluding carboxylic acids is 1. The highest BCUT2D eigenvalue weighted by molar-refractivity contribution is 7.45. The molecule has 0 bridgehead atoms. The zero-order valence-corrected chi connectivity index (χ0v) is 42.5. The van der Waals surface area contributed by atoms with Gasteiger partial charge in [-0.25, -0.2) is 0 Å². The van der Waals surface area contributed by atoms with E-state index in [2.05, 4.69) is 43.5 Å². The number of nitrogens with one attached hydrogen (secondary N) is 1. The summed E-state index contributed by atoms with van der Waals surface area (Å²) in [5.41, 5.74) is 0. The molecule has 0 aromatic heterocycles. The van der Waals surface area contributed by atoms with E-state index in [4.69, 9.17) is 9.05 Å². The first kappa shape index (κ1) is 60.7. The average molecular weight is 895 g/mol. The molecule has 0 spiro atoms. The molecule has 0 rings (SSSR count). The lowest BCUT2D eigenvalue weighted by Crippen LogP contribution is -2.45. The first-order valence-electron chi connectivity index (χ1n) is 26.4. The number of aliphatic hydroxyl groups is 1. The molecule has 0 aliphatic rings. The van der Waals surface area contributed by atoms with E-state index < -0.39 is 26.6 Å². The molecule has 0 fully saturated rings. The fraction of sp³-hybridized carbons (Fsp3) is 0.868. The second-order valence-electron chi connectivity index (χ2n) is 19.2. The van der Waals surface area contributed by atoms with Crippen LogP contribution in [0.4, 0.5) is 0 Å². The van der Waals surface area contributed by atoms with Crippen LogP contribution in [0.15, 0.2) is 36.5 Å². The highest BCUT2D eigenvalue weighted by Gasteiger charge is 2.23. The third-order valence-corrected chi connectivity index (χ3v) is 12.8. The van der Waals surface area contributed by atoms with Gasteiger partial charge in [0.05, 0.1) is 39.9 Å². The molecule has 0 aliphatic heterocycles. The van der Waals surface area contributed by atoms with E-state index in [0.29, 0.717) is 17.4 Å². The summed E-state index contributed by atoms with van der Waals surface area (Å²) in [5.74, 6) is -0.214. The van der Waals surface area contributed by atoms with Crippen molar-refractivity contribution in [1.82, 2.24) is 5.32 Å². The number of quaternary nitrogens is 1. The Morgan fingerprint density at radius 2 is 0.903 bits per heavy atom. The standard InChI is InChI=1S/C53H103N2O6P/c1-6-8-10-12-14-16-18-20-22-24-25-26-27-28-29-30-31-32-34-36-38-40-42-44-46-52(56)51(50-61-62(58,59)60-49-48-55(3,4)5)54-53(57)47-45-43-41-39-37-35-33-23-21-19-17-15-13-11-9-7-2/h23,33,36,38,44,46,51-52,56H,6-22,24-32,34-35,37,39-43,45,47-50H2,1-5H3,(H-,54,57,58,59)/b33-23-,38-36+,46-44+. The lowest BCUT2D eigenvalue weighted by atomic mass is 10.0. The van der Waals surface area contributed by atoms with E-state index in [1.54, 1.807) is 6.08 Å². The summed E-state index contributed by atoms with van der Waals surface area (Å²) in [6, 6.07) is -0.907. The summed E-state index contributed by atoms with van der Waals surface area (Å²) in [4.78, 5) is 25.4. The maximum atomic E-state index is 12.9. The van der Waals surface area contributed by atoms with E-state index in [1.807, 2.05) is 27.2 Å². The fourth-order valence-corrected chi connectivity index (χ4v) is 8.36. The van der Waals surface area contributed by atoms with Crippen LogP contribution in [0.5, 0.6) is 0 Å². The van der Waals surface area contributed by atoms with Crippen LogP contribution >= 0.6 is 7.82 Å². The van der Waals surface area contributed by atoms with Gasteiger partial charge < -0.3 is 28.8 Å². The molecular weight excluding hydrogens is 792 g/mol. The van der Waals surface area contributed by atoms with Gasteiger partial charge in [-0.05, 0) is 57.8 Å². The lowest BCUT2D eigenvalue weighted by molar-refractivity contribution is -0.870. The number of amides is 1. The summed E-state index contributed by atoms with van der Waals surface area (Å²) in [7, 11) is 1.24. The molecule has 2 N–H and O–H groups in total. The number of carbonyl (C=O) groups is 1. The average Bonchev–Trinajstić information content (AvgIpc) is 3.23. The third kappa shape index (κ3) is 46.7. The lowest BCUT2D eigenvalue weighted by Gasteiger charge is -2.29. The molecule has 0 aromatic carbocycles. The Morgan fingerprint density at radius 1 is 0.548 bits per heavy atom. The fourth-order valence-electron chi connectivity index (χ4n) is 7.63. The maximum Gasteiger partial charge on any atom is 0.268 e. The topological polar surface area (TPSA) is 108 Å². The normalized spacial score (nSPS) is 14.4. The molecule has 0 radical (unpaired) electrons. The van der Waals surface area contributed by atoms with E-state index in [-0.39, 0.29) is 12.5 Å². The zero-order valence-electron chi connectivity index (χ0n) is 41.6. The van der Waals surface area contributed by atoms with Gasteiger partial charge in [0, 0.05) is 6.42 Å². The van der Waals surface area contributed by atoms with Gasteiger partial charge in [-0.2, -0.15) is 0 Å². The molecule has 366 valence electrons. The number of likely N-dealkylation sites (N-methyl/N-ethyl adjacent to an activating group) is 1. The molecule has 62 heavy (non-hydrogen) atoms. The molecule has 8 nitrogen and oxygen atoms in total. The summed E-state index contributed by atoms with van der Waals surface area (Å²) >= 11 is 0. The van der Waals surface area contributed by atoms with Crippen LogP contribution in [0.2, 0.25) is 0 Å². The summed E-state index contributed by atoms with van der Waals surface area (Å²) in [5, 5.41) is 13.8. The van der Waals surface area contributed by atoms with Crippen LogP contribution in [0.25, 0.3) is 0 Å². The summed E-state index contributed by atoms with van der Waals surface area (Å²) in [6.07, 6.45) is 56.4. The van der Waals surface area contributed by atoms with Crippen LogP contribution in [-0.2, 0) is 18.4 Å². The van der Waals surface area contributed by atoms with Crippen molar-refractivity contribution in [2.45, 2.75) is 257 Å². The van der Waals surface area contributed by atoms with Crippen LogP contribution < -0.4 is 10.2 Å². The molecule has 0 aromatic rings. The van der Waals surface area contributed by atoms with E-state index in [0.717, 1.165) is 51.4 Å². The minimum atomic E-state index is -4.60. The summed E-state index contributed by atoms with van der Waals surface area (Å²) < 4.78 is 23.3. The number of aliphatic hydroxyl groups excluding tert-OH is 1. The Kier molecular flexibility index (Phi) is 44.0. The van der Waals surface area contributed by atoms with Crippen molar-refractivity contribution in [1.29, 1.82) is 0 Å². The van der Waals surface area contributed by atoms with Crippen molar-refractivity contribution in [2.75, 3.05) is 40.9 Å². The van der Waals surface area contributed by atoms with Crippen LogP contribution in [0, 0.1) is 0 Å². The highest BCUT2D eigenvalue weighted by atomic mass is 31.2. The second-order valence-corrected chi connectivity index (χ2v) is 20.6. The first-order chi connectivity index (χ1) is 30.0. The van der Waals surface area contributed by atoms with E-state index >= 15 is 0 Å². The van der Waals surface area contributed by atoms with Gasteiger partial charge in [-0.1, -0.05) is 217 Å². The smallest absolute Gasteiger partial charge is 0.268 e. The molecule has 3 atom stereocenters. The number of unbranched alkanes of at least 4 members (excludes halogenated alkanes) is 31. The van der Waals surface area contributed by atoms with Crippen molar-refractivity contribution in [3.63, 3.8) is 0 Å². The number of hydrogen-bond donors (Lipinski definition) is 2. The Labute approximate surface area is 385 Å². The van der Waals surface area contributed by atoms with Gasteiger partial charge >= 0.3 is 0 Å². The Balaban J connectivity index is 4.32. The first-order valence-corrected chi connectivity index (χ1v) is 27.8. The van der Waals surface area contributed by atoms with Gasteiger partial charge in [-0.3, -0.25) is 9.36 Å².